The molecule has 5 heteroatoms. The van der Waals surface area contributed by atoms with Crippen molar-refractivity contribution < 1.29 is 4.42 Å². The lowest BCUT2D eigenvalue weighted by atomic mass is 10.4. The largest absolute Gasteiger partial charge is 0.440 e. The highest BCUT2D eigenvalue weighted by atomic mass is 32.2. The lowest BCUT2D eigenvalue weighted by Gasteiger charge is -1.95. The first-order valence-corrected chi connectivity index (χ1v) is 4.63. The molecule has 0 aliphatic heterocycles. The molecule has 2 aromatic rings. The van der Waals surface area contributed by atoms with Crippen LogP contribution in [0.5, 0.6) is 0 Å². The van der Waals surface area contributed by atoms with Gasteiger partial charge in [-0.15, -0.1) is 0 Å². The Bertz CT molecular complexity index is 461. The molecular formula is C9H5N3OS. The van der Waals surface area contributed by atoms with E-state index in [0.29, 0.717) is 10.9 Å². The van der Waals surface area contributed by atoms with Gasteiger partial charge >= 0.3 is 0 Å². The molecule has 0 fully saturated rings. The van der Waals surface area contributed by atoms with Gasteiger partial charge in [-0.05, 0) is 23.9 Å². The number of oxazole rings is 1. The zero-order valence-corrected chi connectivity index (χ0v) is 7.86. The topological polar surface area (TPSA) is 62.7 Å². The van der Waals surface area contributed by atoms with E-state index in [1.807, 2.05) is 6.07 Å². The van der Waals surface area contributed by atoms with Crippen molar-refractivity contribution in [1.82, 2.24) is 9.97 Å². The monoisotopic (exact) mass is 203 g/mol. The Kier molecular flexibility index (Phi) is 2.47. The smallest absolute Gasteiger partial charge is 0.260 e. The van der Waals surface area contributed by atoms with E-state index in [1.165, 1.54) is 18.0 Å². The van der Waals surface area contributed by atoms with Crippen LogP contribution in [0.4, 0.5) is 0 Å². The molecule has 0 aromatic carbocycles. The van der Waals surface area contributed by atoms with E-state index < -0.39 is 0 Å². The maximum absolute atomic E-state index is 8.63. The van der Waals surface area contributed by atoms with Gasteiger partial charge in [0.05, 0.1) is 6.20 Å². The van der Waals surface area contributed by atoms with E-state index in [1.54, 1.807) is 24.5 Å². The third-order valence-electron chi connectivity index (χ3n) is 1.46. The summed E-state index contributed by atoms with van der Waals surface area (Å²) in [5, 5.41) is 9.18. The Hall–Kier alpha value is -1.80. The minimum Gasteiger partial charge on any atom is -0.440 e. The molecule has 4 nitrogen and oxygen atoms in total. The lowest BCUT2D eigenvalue weighted by molar-refractivity contribution is 0.454. The molecule has 0 saturated heterocycles. The van der Waals surface area contributed by atoms with E-state index in [4.69, 9.17) is 9.68 Å². The molecule has 0 unspecified atom stereocenters. The molecule has 0 N–H and O–H groups in total. The highest BCUT2D eigenvalue weighted by molar-refractivity contribution is 7.99. The third kappa shape index (κ3) is 1.92. The quantitative estimate of drug-likeness (QED) is 0.747. The molecule has 0 bridgehead atoms. The first kappa shape index (κ1) is 8.78. The van der Waals surface area contributed by atoms with Crippen molar-refractivity contribution in [3.63, 3.8) is 0 Å². The van der Waals surface area contributed by atoms with Gasteiger partial charge in [0.2, 0.25) is 0 Å². The Balaban J connectivity index is 2.22. The minimum absolute atomic E-state index is 0.390. The average Bonchev–Trinajstić information content (AvgIpc) is 2.71. The predicted octanol–water partition coefficient (Wildman–Crippen LogP) is 2.09. The van der Waals surface area contributed by atoms with Crippen molar-refractivity contribution in [3.8, 4) is 6.07 Å². The van der Waals surface area contributed by atoms with Gasteiger partial charge in [-0.25, -0.2) is 9.97 Å². The number of aromatic nitrogens is 2. The molecule has 0 spiro atoms. The Morgan fingerprint density at radius 2 is 2.29 bits per heavy atom. The van der Waals surface area contributed by atoms with Crippen LogP contribution in [0.25, 0.3) is 0 Å². The van der Waals surface area contributed by atoms with E-state index in [2.05, 4.69) is 9.97 Å². The van der Waals surface area contributed by atoms with Crippen LogP contribution in [-0.4, -0.2) is 9.97 Å². The second kappa shape index (κ2) is 3.94. The molecular weight excluding hydrogens is 198 g/mol. The number of hydrogen-bond donors (Lipinski definition) is 0. The Morgan fingerprint density at radius 3 is 3.00 bits per heavy atom. The van der Waals surface area contributed by atoms with Crippen LogP contribution in [0.2, 0.25) is 0 Å². The maximum Gasteiger partial charge on any atom is 0.260 e. The Morgan fingerprint density at radius 1 is 1.36 bits per heavy atom. The maximum atomic E-state index is 8.63. The summed E-state index contributed by atoms with van der Waals surface area (Å²) in [6.07, 6.45) is 4.67. The molecule has 0 amide bonds. The van der Waals surface area contributed by atoms with Crippen molar-refractivity contribution in [1.29, 1.82) is 5.26 Å². The molecule has 0 radical (unpaired) electrons. The molecule has 68 valence electrons. The summed E-state index contributed by atoms with van der Waals surface area (Å²) in [5.41, 5.74) is 0.390. The van der Waals surface area contributed by atoms with Crippen LogP contribution >= 0.6 is 11.8 Å². The molecule has 2 heterocycles. The fourth-order valence-corrected chi connectivity index (χ4v) is 1.62. The van der Waals surface area contributed by atoms with Crippen LogP contribution in [0.15, 0.2) is 45.3 Å². The van der Waals surface area contributed by atoms with Crippen LogP contribution in [0, 0.1) is 11.3 Å². The molecule has 0 aliphatic rings. The van der Waals surface area contributed by atoms with Crippen molar-refractivity contribution >= 4 is 11.8 Å². The van der Waals surface area contributed by atoms with Gasteiger partial charge in [0, 0.05) is 11.1 Å². The Labute approximate surface area is 84.6 Å². The normalized spacial score (nSPS) is 9.64. The number of pyridine rings is 1. The van der Waals surface area contributed by atoms with Crippen molar-refractivity contribution in [3.05, 3.63) is 36.5 Å². The van der Waals surface area contributed by atoms with Gasteiger partial charge in [-0.3, -0.25) is 0 Å². The molecule has 0 atom stereocenters. The highest BCUT2D eigenvalue weighted by Crippen LogP contribution is 2.25. The second-order valence-corrected chi connectivity index (χ2v) is 3.41. The average molecular weight is 203 g/mol. The van der Waals surface area contributed by atoms with E-state index in [-0.39, 0.29) is 0 Å². The van der Waals surface area contributed by atoms with E-state index in [0.717, 1.165) is 4.90 Å². The zero-order valence-electron chi connectivity index (χ0n) is 7.04. The summed E-state index contributed by atoms with van der Waals surface area (Å²) in [7, 11) is 0. The van der Waals surface area contributed by atoms with Gasteiger partial charge in [0.25, 0.3) is 5.22 Å². The number of hydrogen-bond acceptors (Lipinski definition) is 5. The minimum atomic E-state index is 0.390. The zero-order chi connectivity index (χ0) is 9.80. The van der Waals surface area contributed by atoms with Gasteiger partial charge in [0.15, 0.2) is 0 Å². The summed E-state index contributed by atoms with van der Waals surface area (Å²) in [6, 6.07) is 5.46. The van der Waals surface area contributed by atoms with Crippen molar-refractivity contribution in [2.75, 3.05) is 0 Å². The molecule has 14 heavy (non-hydrogen) atoms. The summed E-state index contributed by atoms with van der Waals surface area (Å²) < 4.78 is 5.06. The number of nitriles is 1. The van der Waals surface area contributed by atoms with E-state index >= 15 is 0 Å². The summed E-state index contributed by atoms with van der Waals surface area (Å²) in [4.78, 5) is 8.71. The highest BCUT2D eigenvalue weighted by Gasteiger charge is 2.02. The fraction of sp³-hybridized carbons (Fsp3) is 0. The first-order valence-electron chi connectivity index (χ1n) is 3.82. The van der Waals surface area contributed by atoms with E-state index in [9.17, 15) is 0 Å². The SMILES string of the molecule is N#Cc1cc(Sc2ncco2)ccn1. The van der Waals surface area contributed by atoms with Gasteiger partial charge in [-0.1, -0.05) is 0 Å². The van der Waals surface area contributed by atoms with Crippen LogP contribution in [-0.2, 0) is 0 Å². The van der Waals surface area contributed by atoms with Crippen molar-refractivity contribution in [2.45, 2.75) is 10.1 Å². The van der Waals surface area contributed by atoms with Gasteiger partial charge in [-0.2, -0.15) is 5.26 Å². The molecule has 2 rings (SSSR count). The second-order valence-electron chi connectivity index (χ2n) is 2.39. The standard InChI is InChI=1S/C9H5N3OS/c10-6-7-5-8(1-2-11-7)14-9-12-3-4-13-9/h1-5H. The van der Waals surface area contributed by atoms with Gasteiger partial charge in [0.1, 0.15) is 18.0 Å². The molecule has 0 saturated carbocycles. The summed E-state index contributed by atoms with van der Waals surface area (Å²) >= 11 is 1.35. The fourth-order valence-electron chi connectivity index (χ4n) is 0.897. The number of rotatable bonds is 2. The molecule has 0 aliphatic carbocycles. The third-order valence-corrected chi connectivity index (χ3v) is 2.33. The number of nitrogens with zero attached hydrogens (tertiary/aromatic N) is 3. The van der Waals surface area contributed by atoms with Crippen molar-refractivity contribution in [2.24, 2.45) is 0 Å². The first-order chi connectivity index (χ1) is 6.88. The summed E-state index contributed by atoms with van der Waals surface area (Å²) in [6.45, 7) is 0. The molecule has 2 aromatic heterocycles. The lowest BCUT2D eigenvalue weighted by Crippen LogP contribution is -1.81. The summed E-state index contributed by atoms with van der Waals surface area (Å²) in [5.74, 6) is 0. The van der Waals surface area contributed by atoms with Crippen LogP contribution in [0.1, 0.15) is 5.69 Å². The van der Waals surface area contributed by atoms with Gasteiger partial charge < -0.3 is 4.42 Å². The van der Waals surface area contributed by atoms with Crippen LogP contribution in [0.3, 0.4) is 0 Å². The van der Waals surface area contributed by atoms with Crippen LogP contribution < -0.4 is 0 Å². The predicted molar refractivity (Wildman–Crippen MR) is 49.6 cm³/mol.